The van der Waals surface area contributed by atoms with Gasteiger partial charge >= 0.3 is 6.18 Å². The van der Waals surface area contributed by atoms with E-state index >= 15 is 0 Å². The normalized spacial score (nSPS) is 14.7. The lowest BCUT2D eigenvalue weighted by Crippen LogP contribution is -2.37. The van der Waals surface area contributed by atoms with Gasteiger partial charge in [0.05, 0.1) is 11.1 Å². The van der Waals surface area contributed by atoms with Crippen molar-refractivity contribution >= 4 is 0 Å². The van der Waals surface area contributed by atoms with E-state index in [0.29, 0.717) is 12.0 Å². The second-order valence-electron chi connectivity index (χ2n) is 5.16. The molecule has 2 N–H and O–H groups in total. The van der Waals surface area contributed by atoms with Gasteiger partial charge in [0, 0.05) is 0 Å². The van der Waals surface area contributed by atoms with Gasteiger partial charge in [-0.2, -0.15) is 13.2 Å². The van der Waals surface area contributed by atoms with Gasteiger partial charge in [-0.1, -0.05) is 55.8 Å². The highest BCUT2D eigenvalue weighted by Gasteiger charge is 2.32. The van der Waals surface area contributed by atoms with Crippen LogP contribution in [0.25, 0.3) is 0 Å². The topological polar surface area (TPSA) is 26.0 Å². The molecule has 1 nitrogen and oxygen atoms in total. The first-order chi connectivity index (χ1) is 9.88. The molecule has 2 aromatic rings. The van der Waals surface area contributed by atoms with E-state index in [2.05, 4.69) is 0 Å². The molecule has 2 aromatic carbocycles. The molecule has 0 fully saturated rings. The third-order valence-electron chi connectivity index (χ3n) is 3.66. The predicted octanol–water partition coefficient (Wildman–Crippen LogP) is 4.71. The first-order valence-corrected chi connectivity index (χ1v) is 6.90. The maximum Gasteiger partial charge on any atom is 0.416 e. The molecule has 0 heterocycles. The van der Waals surface area contributed by atoms with Crippen molar-refractivity contribution in [3.8, 4) is 0 Å². The number of nitrogens with two attached hydrogens (primary N) is 1. The zero-order valence-corrected chi connectivity index (χ0v) is 11.8. The first-order valence-electron chi connectivity index (χ1n) is 6.90. The highest BCUT2D eigenvalue weighted by atomic mass is 19.4. The number of alkyl halides is 3. The summed E-state index contributed by atoms with van der Waals surface area (Å²) in [5.74, 6) is 0. The van der Waals surface area contributed by atoms with Gasteiger partial charge in [0.25, 0.3) is 0 Å². The minimum absolute atomic E-state index is 0.654. The third-order valence-corrected chi connectivity index (χ3v) is 3.66. The maximum absolute atomic E-state index is 12.7. The summed E-state index contributed by atoms with van der Waals surface area (Å²) >= 11 is 0. The maximum atomic E-state index is 12.7. The molecule has 21 heavy (non-hydrogen) atoms. The van der Waals surface area contributed by atoms with Crippen molar-refractivity contribution in [3.05, 3.63) is 71.3 Å². The molecule has 4 heteroatoms. The van der Waals surface area contributed by atoms with Gasteiger partial charge < -0.3 is 5.73 Å². The molecule has 0 spiro atoms. The molecule has 0 amide bonds. The van der Waals surface area contributed by atoms with Crippen LogP contribution in [0, 0.1) is 0 Å². The first kappa shape index (κ1) is 15.6. The van der Waals surface area contributed by atoms with E-state index in [1.807, 2.05) is 37.3 Å². The molecule has 0 aliphatic carbocycles. The summed E-state index contributed by atoms with van der Waals surface area (Å²) in [7, 11) is 0. The SMILES string of the molecule is CCCC(N)(c1ccccc1)c1ccc(C(F)(F)F)cc1. The van der Waals surface area contributed by atoms with E-state index in [1.165, 1.54) is 12.1 Å². The Morgan fingerprint density at radius 2 is 1.29 bits per heavy atom. The van der Waals surface area contributed by atoms with Gasteiger partial charge in [-0.05, 0) is 29.7 Å². The summed E-state index contributed by atoms with van der Waals surface area (Å²) in [6, 6.07) is 14.6. The highest BCUT2D eigenvalue weighted by Crippen LogP contribution is 2.34. The summed E-state index contributed by atoms with van der Waals surface area (Å²) < 4.78 is 38.0. The third kappa shape index (κ3) is 3.27. The molecule has 0 aliphatic rings. The standard InChI is InChI=1S/C17H18F3N/c1-2-12-16(21,13-6-4-3-5-7-13)14-8-10-15(11-9-14)17(18,19)20/h3-11H,2,12,21H2,1H3. The number of benzene rings is 2. The smallest absolute Gasteiger partial charge is 0.318 e. The van der Waals surface area contributed by atoms with Crippen molar-refractivity contribution in [3.63, 3.8) is 0 Å². The van der Waals surface area contributed by atoms with Gasteiger partial charge in [-0.25, -0.2) is 0 Å². The van der Waals surface area contributed by atoms with Gasteiger partial charge in [-0.3, -0.25) is 0 Å². The molecule has 0 aliphatic heterocycles. The number of halogens is 3. The van der Waals surface area contributed by atoms with E-state index in [1.54, 1.807) is 0 Å². The Morgan fingerprint density at radius 3 is 1.76 bits per heavy atom. The summed E-state index contributed by atoms with van der Waals surface area (Å²) in [5, 5.41) is 0. The second-order valence-corrected chi connectivity index (χ2v) is 5.16. The lowest BCUT2D eigenvalue weighted by Gasteiger charge is -2.31. The minimum atomic E-state index is -4.33. The molecule has 1 unspecified atom stereocenters. The van der Waals surface area contributed by atoms with Crippen LogP contribution in [0.4, 0.5) is 13.2 Å². The van der Waals surface area contributed by atoms with E-state index in [-0.39, 0.29) is 0 Å². The van der Waals surface area contributed by atoms with Gasteiger partial charge in [0.2, 0.25) is 0 Å². The molecule has 0 aromatic heterocycles. The Balaban J connectivity index is 2.44. The van der Waals surface area contributed by atoms with Crippen LogP contribution in [0.5, 0.6) is 0 Å². The molecular weight excluding hydrogens is 275 g/mol. The van der Waals surface area contributed by atoms with Crippen molar-refractivity contribution in [2.45, 2.75) is 31.5 Å². The van der Waals surface area contributed by atoms with Crippen LogP contribution < -0.4 is 5.73 Å². The fourth-order valence-corrected chi connectivity index (χ4v) is 2.54. The van der Waals surface area contributed by atoms with E-state index < -0.39 is 17.3 Å². The van der Waals surface area contributed by atoms with E-state index in [4.69, 9.17) is 5.73 Å². The van der Waals surface area contributed by atoms with Gasteiger partial charge in [-0.15, -0.1) is 0 Å². The Morgan fingerprint density at radius 1 is 0.810 bits per heavy atom. The summed E-state index contributed by atoms with van der Waals surface area (Å²) in [4.78, 5) is 0. The van der Waals surface area contributed by atoms with Crippen molar-refractivity contribution < 1.29 is 13.2 Å². The second kappa shape index (κ2) is 5.90. The molecule has 0 saturated heterocycles. The predicted molar refractivity (Wildman–Crippen MR) is 77.8 cm³/mol. The van der Waals surface area contributed by atoms with Gasteiger partial charge in [0.1, 0.15) is 0 Å². The lowest BCUT2D eigenvalue weighted by atomic mass is 9.80. The molecule has 0 bridgehead atoms. The summed E-state index contributed by atoms with van der Waals surface area (Å²) in [6.07, 6.45) is -2.82. The van der Waals surface area contributed by atoms with Crippen LogP contribution >= 0.6 is 0 Å². The fraction of sp³-hybridized carbons (Fsp3) is 0.294. The van der Waals surface area contributed by atoms with Crippen molar-refractivity contribution in [2.75, 3.05) is 0 Å². The minimum Gasteiger partial charge on any atom is -0.318 e. The Kier molecular flexibility index (Phi) is 4.37. The van der Waals surface area contributed by atoms with Crippen LogP contribution in [0.2, 0.25) is 0 Å². The van der Waals surface area contributed by atoms with E-state index in [9.17, 15) is 13.2 Å². The van der Waals surface area contributed by atoms with Gasteiger partial charge in [0.15, 0.2) is 0 Å². The molecule has 0 saturated carbocycles. The number of rotatable bonds is 4. The van der Waals surface area contributed by atoms with Crippen LogP contribution in [0.15, 0.2) is 54.6 Å². The Bertz CT molecular complexity index is 575. The average Bonchev–Trinajstić information content (AvgIpc) is 2.47. The van der Waals surface area contributed by atoms with Crippen LogP contribution in [0.1, 0.15) is 36.5 Å². The fourth-order valence-electron chi connectivity index (χ4n) is 2.54. The van der Waals surface area contributed by atoms with Crippen molar-refractivity contribution in [1.29, 1.82) is 0 Å². The van der Waals surface area contributed by atoms with Crippen LogP contribution in [-0.2, 0) is 11.7 Å². The number of hydrogen-bond donors (Lipinski definition) is 1. The lowest BCUT2D eigenvalue weighted by molar-refractivity contribution is -0.137. The Labute approximate surface area is 122 Å². The van der Waals surface area contributed by atoms with Crippen LogP contribution in [-0.4, -0.2) is 0 Å². The Hall–Kier alpha value is -1.81. The molecule has 112 valence electrons. The zero-order valence-electron chi connectivity index (χ0n) is 11.8. The van der Waals surface area contributed by atoms with Crippen molar-refractivity contribution in [2.24, 2.45) is 5.73 Å². The number of hydrogen-bond acceptors (Lipinski definition) is 1. The molecule has 2 rings (SSSR count). The quantitative estimate of drug-likeness (QED) is 0.868. The molecular formula is C17H18F3N. The average molecular weight is 293 g/mol. The molecule has 0 radical (unpaired) electrons. The highest BCUT2D eigenvalue weighted by molar-refractivity contribution is 5.39. The molecule has 1 atom stereocenters. The summed E-state index contributed by atoms with van der Waals surface area (Å²) in [6.45, 7) is 2.01. The van der Waals surface area contributed by atoms with E-state index in [0.717, 1.165) is 24.1 Å². The van der Waals surface area contributed by atoms with Crippen LogP contribution in [0.3, 0.4) is 0 Å². The summed E-state index contributed by atoms with van der Waals surface area (Å²) in [5.41, 5.74) is 6.72. The monoisotopic (exact) mass is 293 g/mol. The van der Waals surface area contributed by atoms with Crippen molar-refractivity contribution in [1.82, 2.24) is 0 Å². The largest absolute Gasteiger partial charge is 0.416 e. The zero-order chi connectivity index (χ0) is 15.5.